The van der Waals surface area contributed by atoms with Gasteiger partial charge in [0.1, 0.15) is 0 Å². The molecular weight excluding hydrogens is 222 g/mol. The maximum absolute atomic E-state index is 4.27. The minimum atomic E-state index is 0.185. The van der Waals surface area contributed by atoms with Gasteiger partial charge < -0.3 is 5.32 Å². The highest BCUT2D eigenvalue weighted by atomic mass is 15.2. The highest BCUT2D eigenvalue weighted by molar-refractivity contribution is 5.08. The van der Waals surface area contributed by atoms with Gasteiger partial charge in [-0.1, -0.05) is 13.8 Å². The largest absolute Gasteiger partial charge is 0.312 e. The van der Waals surface area contributed by atoms with Crippen molar-refractivity contribution in [2.75, 3.05) is 6.54 Å². The number of nitrogens with zero attached hydrogens (tertiary/aromatic N) is 2. The van der Waals surface area contributed by atoms with Crippen LogP contribution in [0.25, 0.3) is 0 Å². The molecule has 0 fully saturated rings. The fourth-order valence-corrected chi connectivity index (χ4v) is 2.26. The molecule has 0 saturated carbocycles. The molecule has 0 saturated heterocycles. The van der Waals surface area contributed by atoms with Crippen LogP contribution in [0.3, 0.4) is 0 Å². The molecule has 0 bridgehead atoms. The van der Waals surface area contributed by atoms with Crippen molar-refractivity contribution in [1.29, 1.82) is 0 Å². The normalized spacial score (nSPS) is 13.0. The number of aryl methyl sites for hydroxylation is 1. The van der Waals surface area contributed by atoms with Crippen LogP contribution in [-0.4, -0.2) is 21.9 Å². The zero-order chi connectivity index (χ0) is 13.8. The first-order valence-corrected chi connectivity index (χ1v) is 7.03. The molecule has 1 heterocycles. The molecule has 0 atom stereocenters. The van der Waals surface area contributed by atoms with E-state index in [-0.39, 0.29) is 5.54 Å². The van der Waals surface area contributed by atoms with E-state index in [1.807, 2.05) is 17.9 Å². The number of nitrogens with one attached hydrogen (secondary N) is 1. The lowest BCUT2D eigenvalue weighted by Crippen LogP contribution is -2.44. The Morgan fingerprint density at radius 3 is 2.22 bits per heavy atom. The summed E-state index contributed by atoms with van der Waals surface area (Å²) in [6, 6.07) is 0. The monoisotopic (exact) mass is 251 g/mol. The van der Waals surface area contributed by atoms with E-state index >= 15 is 0 Å². The number of rotatable bonds is 6. The second-order valence-corrected chi connectivity index (χ2v) is 6.51. The van der Waals surface area contributed by atoms with Crippen molar-refractivity contribution in [3.05, 3.63) is 18.0 Å². The molecule has 3 heteroatoms. The molecular formula is C15H29N3. The number of hydrogen-bond acceptors (Lipinski definition) is 2. The van der Waals surface area contributed by atoms with Crippen molar-refractivity contribution < 1.29 is 0 Å². The van der Waals surface area contributed by atoms with Gasteiger partial charge in [-0.05, 0) is 51.0 Å². The second kappa shape index (κ2) is 5.87. The Balaban J connectivity index is 2.73. The van der Waals surface area contributed by atoms with Crippen LogP contribution in [0.5, 0.6) is 0 Å². The average Bonchev–Trinajstić information content (AvgIpc) is 2.69. The summed E-state index contributed by atoms with van der Waals surface area (Å²) in [7, 11) is 1.98. The molecule has 0 amide bonds. The first kappa shape index (κ1) is 15.2. The summed E-state index contributed by atoms with van der Waals surface area (Å²) >= 11 is 0. The van der Waals surface area contributed by atoms with Gasteiger partial charge in [-0.2, -0.15) is 5.10 Å². The summed E-state index contributed by atoms with van der Waals surface area (Å²) in [6.07, 6.45) is 7.63. The van der Waals surface area contributed by atoms with Gasteiger partial charge in [0.15, 0.2) is 0 Å². The summed E-state index contributed by atoms with van der Waals surface area (Å²) in [5.41, 5.74) is 1.87. The fourth-order valence-electron chi connectivity index (χ4n) is 2.26. The van der Waals surface area contributed by atoms with Crippen molar-refractivity contribution in [3.8, 4) is 0 Å². The first-order valence-electron chi connectivity index (χ1n) is 7.03. The number of hydrogen-bond donors (Lipinski definition) is 1. The Hall–Kier alpha value is -0.830. The van der Waals surface area contributed by atoms with Gasteiger partial charge in [-0.25, -0.2) is 0 Å². The lowest BCUT2D eigenvalue weighted by atomic mass is 9.77. The van der Waals surface area contributed by atoms with Gasteiger partial charge >= 0.3 is 0 Å². The molecule has 1 aromatic heterocycles. The molecule has 0 aliphatic heterocycles. The van der Waals surface area contributed by atoms with Crippen molar-refractivity contribution in [1.82, 2.24) is 15.1 Å². The Kier molecular flexibility index (Phi) is 4.97. The minimum Gasteiger partial charge on any atom is -0.312 e. The Labute approximate surface area is 112 Å². The maximum atomic E-state index is 4.27. The van der Waals surface area contributed by atoms with Crippen molar-refractivity contribution in [3.63, 3.8) is 0 Å². The van der Waals surface area contributed by atoms with E-state index in [1.165, 1.54) is 18.4 Å². The Morgan fingerprint density at radius 1 is 1.22 bits per heavy atom. The smallest absolute Gasteiger partial charge is 0.0521 e. The molecule has 0 aliphatic rings. The van der Waals surface area contributed by atoms with E-state index in [0.29, 0.717) is 5.41 Å². The predicted octanol–water partition coefficient (Wildman–Crippen LogP) is 3.16. The summed E-state index contributed by atoms with van der Waals surface area (Å²) in [5, 5.41) is 7.94. The summed E-state index contributed by atoms with van der Waals surface area (Å²) in [6.45, 7) is 12.3. The van der Waals surface area contributed by atoms with Crippen LogP contribution in [0.2, 0.25) is 0 Å². The standard InChI is InChI=1S/C15H29N3/c1-7-15(8-2,12-16-14(3,4)5)9-13-10-17-18(6)11-13/h10-11,16H,7-9,12H2,1-6H3. The van der Waals surface area contributed by atoms with Crippen LogP contribution >= 0.6 is 0 Å². The van der Waals surface area contributed by atoms with Crippen molar-refractivity contribution >= 4 is 0 Å². The Bertz CT molecular complexity index is 356. The highest BCUT2D eigenvalue weighted by Crippen LogP contribution is 2.30. The molecule has 1 N–H and O–H groups in total. The van der Waals surface area contributed by atoms with E-state index in [0.717, 1.165) is 13.0 Å². The third-order valence-electron chi connectivity index (χ3n) is 3.83. The van der Waals surface area contributed by atoms with E-state index in [2.05, 4.69) is 51.2 Å². The zero-order valence-electron chi connectivity index (χ0n) is 12.9. The molecule has 3 nitrogen and oxygen atoms in total. The number of aromatic nitrogens is 2. The lowest BCUT2D eigenvalue weighted by molar-refractivity contribution is 0.220. The zero-order valence-corrected chi connectivity index (χ0v) is 12.9. The average molecular weight is 251 g/mol. The summed E-state index contributed by atoms with van der Waals surface area (Å²) in [4.78, 5) is 0. The highest BCUT2D eigenvalue weighted by Gasteiger charge is 2.28. The predicted molar refractivity (Wildman–Crippen MR) is 77.7 cm³/mol. The molecule has 1 rings (SSSR count). The van der Waals surface area contributed by atoms with Crippen LogP contribution in [0.15, 0.2) is 12.4 Å². The molecule has 0 unspecified atom stereocenters. The van der Waals surface area contributed by atoms with Gasteiger partial charge in [0.2, 0.25) is 0 Å². The first-order chi connectivity index (χ1) is 8.30. The molecule has 18 heavy (non-hydrogen) atoms. The molecule has 104 valence electrons. The van der Waals surface area contributed by atoms with E-state index < -0.39 is 0 Å². The van der Waals surface area contributed by atoms with Gasteiger partial charge in [0, 0.05) is 25.3 Å². The topological polar surface area (TPSA) is 29.9 Å². The minimum absolute atomic E-state index is 0.185. The van der Waals surface area contributed by atoms with Crippen molar-refractivity contribution in [2.45, 2.75) is 59.4 Å². The summed E-state index contributed by atoms with van der Waals surface area (Å²) in [5.74, 6) is 0. The van der Waals surface area contributed by atoms with E-state index in [4.69, 9.17) is 0 Å². The summed E-state index contributed by atoms with van der Waals surface area (Å²) < 4.78 is 1.89. The van der Waals surface area contributed by atoms with Gasteiger partial charge in [-0.15, -0.1) is 0 Å². The third kappa shape index (κ3) is 4.45. The van der Waals surface area contributed by atoms with Crippen LogP contribution in [0.4, 0.5) is 0 Å². The molecule has 0 aromatic carbocycles. The molecule has 0 radical (unpaired) electrons. The van der Waals surface area contributed by atoms with Crippen LogP contribution in [0, 0.1) is 5.41 Å². The molecule has 0 aliphatic carbocycles. The quantitative estimate of drug-likeness (QED) is 0.841. The van der Waals surface area contributed by atoms with E-state index in [9.17, 15) is 0 Å². The van der Waals surface area contributed by atoms with Crippen LogP contribution in [0.1, 0.15) is 53.0 Å². The lowest BCUT2D eigenvalue weighted by Gasteiger charge is -2.35. The second-order valence-electron chi connectivity index (χ2n) is 6.51. The van der Waals surface area contributed by atoms with Gasteiger partial charge in [-0.3, -0.25) is 4.68 Å². The molecule has 0 spiro atoms. The SMILES string of the molecule is CCC(CC)(CNC(C)(C)C)Cc1cnn(C)c1. The Morgan fingerprint density at radius 2 is 1.83 bits per heavy atom. The van der Waals surface area contributed by atoms with Crippen molar-refractivity contribution in [2.24, 2.45) is 12.5 Å². The fraction of sp³-hybridized carbons (Fsp3) is 0.800. The molecule has 1 aromatic rings. The van der Waals surface area contributed by atoms with Gasteiger partial charge in [0.25, 0.3) is 0 Å². The van der Waals surface area contributed by atoms with E-state index in [1.54, 1.807) is 0 Å². The van der Waals surface area contributed by atoms with Crippen LogP contribution in [-0.2, 0) is 13.5 Å². The maximum Gasteiger partial charge on any atom is 0.0521 e. The third-order valence-corrected chi connectivity index (χ3v) is 3.83. The van der Waals surface area contributed by atoms with Gasteiger partial charge in [0.05, 0.1) is 6.20 Å². The van der Waals surface area contributed by atoms with Crippen LogP contribution < -0.4 is 5.32 Å².